The van der Waals surface area contributed by atoms with Gasteiger partial charge in [-0.3, -0.25) is 14.4 Å². The molecule has 2 rings (SSSR count). The molecule has 2 aromatic rings. The first-order valence-corrected chi connectivity index (χ1v) is 6.03. The molecule has 1 amide bonds. The van der Waals surface area contributed by atoms with Crippen LogP contribution >= 0.6 is 0 Å². The van der Waals surface area contributed by atoms with E-state index in [0.29, 0.717) is 23.8 Å². The Bertz CT molecular complexity index is 743. The van der Waals surface area contributed by atoms with Crippen molar-refractivity contribution in [2.75, 3.05) is 6.54 Å². The lowest BCUT2D eigenvalue weighted by Gasteiger charge is -2.00. The number of benzene rings is 1. The molecule has 0 bridgehead atoms. The molecule has 0 aliphatic carbocycles. The van der Waals surface area contributed by atoms with Gasteiger partial charge in [0, 0.05) is 13.5 Å². The number of amides is 1. The van der Waals surface area contributed by atoms with Gasteiger partial charge in [-0.15, -0.1) is 0 Å². The van der Waals surface area contributed by atoms with Crippen LogP contribution in [0.1, 0.15) is 22.8 Å². The zero-order chi connectivity index (χ0) is 14.5. The van der Waals surface area contributed by atoms with Crippen LogP contribution in [-0.4, -0.2) is 18.7 Å². The predicted octanol–water partition coefficient (Wildman–Crippen LogP) is 1.75. The lowest BCUT2D eigenvalue weighted by atomic mass is 10.1. The van der Waals surface area contributed by atoms with E-state index in [2.05, 4.69) is 5.32 Å². The molecule has 0 unspecified atom stereocenters. The number of fused-ring (bicyclic) bond motifs is 1. The van der Waals surface area contributed by atoms with Crippen molar-refractivity contribution in [1.82, 2.24) is 5.32 Å². The highest BCUT2D eigenvalue weighted by Crippen LogP contribution is 2.14. The Kier molecular flexibility index (Phi) is 4.10. The molecule has 0 saturated carbocycles. The summed E-state index contributed by atoms with van der Waals surface area (Å²) in [6.45, 7) is 1.85. The van der Waals surface area contributed by atoms with E-state index in [9.17, 15) is 14.4 Å². The van der Waals surface area contributed by atoms with E-state index in [-0.39, 0.29) is 16.9 Å². The van der Waals surface area contributed by atoms with E-state index in [1.807, 2.05) is 0 Å². The SMILES string of the molecule is CC(=O)NCC=Cc1ccc2occ(C=O)c(=O)c2c1. The molecule has 1 aromatic carbocycles. The van der Waals surface area contributed by atoms with Gasteiger partial charge in [-0.05, 0) is 17.7 Å². The van der Waals surface area contributed by atoms with Crippen molar-refractivity contribution in [3.63, 3.8) is 0 Å². The Morgan fingerprint density at radius 3 is 2.90 bits per heavy atom. The average Bonchev–Trinajstić information content (AvgIpc) is 2.44. The summed E-state index contributed by atoms with van der Waals surface area (Å²) in [6.07, 6.45) is 5.19. The van der Waals surface area contributed by atoms with Gasteiger partial charge < -0.3 is 9.73 Å². The topological polar surface area (TPSA) is 76.4 Å². The van der Waals surface area contributed by atoms with E-state index in [0.717, 1.165) is 11.8 Å². The van der Waals surface area contributed by atoms with Crippen LogP contribution in [0.4, 0.5) is 0 Å². The third-order valence-electron chi connectivity index (χ3n) is 2.73. The van der Waals surface area contributed by atoms with Gasteiger partial charge in [0.2, 0.25) is 11.3 Å². The maximum atomic E-state index is 12.0. The fourth-order valence-corrected chi connectivity index (χ4v) is 1.75. The summed E-state index contributed by atoms with van der Waals surface area (Å²) in [4.78, 5) is 33.4. The van der Waals surface area contributed by atoms with Gasteiger partial charge in [-0.2, -0.15) is 0 Å². The molecule has 0 fully saturated rings. The molecule has 0 aliphatic rings. The van der Waals surface area contributed by atoms with Crippen molar-refractivity contribution >= 4 is 29.2 Å². The summed E-state index contributed by atoms with van der Waals surface area (Å²) in [5.41, 5.74) is 0.869. The Hall–Kier alpha value is -2.69. The van der Waals surface area contributed by atoms with Crippen LogP contribution in [0.5, 0.6) is 0 Å². The van der Waals surface area contributed by atoms with E-state index in [1.165, 1.54) is 6.92 Å². The summed E-state index contributed by atoms with van der Waals surface area (Å²) in [6, 6.07) is 5.11. The molecular weight excluding hydrogens is 258 g/mol. The fourth-order valence-electron chi connectivity index (χ4n) is 1.75. The second-order valence-corrected chi connectivity index (χ2v) is 4.23. The number of rotatable bonds is 4. The number of carbonyl (C=O) groups is 2. The van der Waals surface area contributed by atoms with Crippen molar-refractivity contribution in [3.05, 3.63) is 51.9 Å². The van der Waals surface area contributed by atoms with E-state index < -0.39 is 0 Å². The maximum absolute atomic E-state index is 12.0. The third kappa shape index (κ3) is 3.00. The van der Waals surface area contributed by atoms with Gasteiger partial charge in [0.1, 0.15) is 11.8 Å². The zero-order valence-electron chi connectivity index (χ0n) is 10.9. The number of nitrogens with one attached hydrogen (secondary N) is 1. The van der Waals surface area contributed by atoms with Gasteiger partial charge in [0.15, 0.2) is 6.29 Å². The number of carbonyl (C=O) groups excluding carboxylic acids is 2. The highest BCUT2D eigenvalue weighted by atomic mass is 16.3. The monoisotopic (exact) mass is 271 g/mol. The predicted molar refractivity (Wildman–Crippen MR) is 75.6 cm³/mol. The van der Waals surface area contributed by atoms with Crippen molar-refractivity contribution < 1.29 is 14.0 Å². The minimum Gasteiger partial charge on any atom is -0.463 e. The van der Waals surface area contributed by atoms with E-state index >= 15 is 0 Å². The molecular formula is C15H13NO4. The molecule has 0 spiro atoms. The summed E-state index contributed by atoms with van der Waals surface area (Å²) >= 11 is 0. The average molecular weight is 271 g/mol. The highest BCUT2D eigenvalue weighted by Gasteiger charge is 2.06. The Labute approximate surface area is 114 Å². The molecule has 5 heteroatoms. The minimum atomic E-state index is -0.349. The maximum Gasteiger partial charge on any atom is 0.217 e. The molecule has 20 heavy (non-hydrogen) atoms. The van der Waals surface area contributed by atoms with Crippen molar-refractivity contribution in [2.24, 2.45) is 0 Å². The molecule has 0 atom stereocenters. The smallest absolute Gasteiger partial charge is 0.217 e. The first-order valence-electron chi connectivity index (χ1n) is 6.03. The van der Waals surface area contributed by atoms with E-state index in [1.54, 1.807) is 30.4 Å². The Morgan fingerprint density at radius 1 is 1.40 bits per heavy atom. The minimum absolute atomic E-state index is 0.00289. The van der Waals surface area contributed by atoms with Crippen LogP contribution in [-0.2, 0) is 4.79 Å². The first kappa shape index (κ1) is 13.7. The second-order valence-electron chi connectivity index (χ2n) is 4.23. The van der Waals surface area contributed by atoms with Gasteiger partial charge in [0.05, 0.1) is 10.9 Å². The quantitative estimate of drug-likeness (QED) is 0.859. The molecule has 102 valence electrons. The zero-order valence-corrected chi connectivity index (χ0v) is 10.9. The summed E-state index contributed by atoms with van der Waals surface area (Å²) in [5, 5.41) is 2.99. The van der Waals surface area contributed by atoms with Gasteiger partial charge in [-0.1, -0.05) is 18.2 Å². The second kappa shape index (κ2) is 5.97. The van der Waals surface area contributed by atoms with Crippen LogP contribution in [0.3, 0.4) is 0 Å². The lowest BCUT2D eigenvalue weighted by molar-refractivity contribution is -0.118. The normalized spacial score (nSPS) is 10.8. The molecule has 5 nitrogen and oxygen atoms in total. The van der Waals surface area contributed by atoms with Crippen LogP contribution in [0.25, 0.3) is 17.0 Å². The van der Waals surface area contributed by atoms with Crippen molar-refractivity contribution in [3.8, 4) is 0 Å². The highest BCUT2D eigenvalue weighted by molar-refractivity contribution is 5.85. The summed E-state index contributed by atoms with van der Waals surface area (Å²) < 4.78 is 5.21. The number of aldehydes is 1. The van der Waals surface area contributed by atoms with Crippen LogP contribution in [0, 0.1) is 0 Å². The number of hydrogen-bond acceptors (Lipinski definition) is 4. The van der Waals surface area contributed by atoms with E-state index in [4.69, 9.17) is 4.42 Å². The molecule has 1 aromatic heterocycles. The Morgan fingerprint density at radius 2 is 2.20 bits per heavy atom. The van der Waals surface area contributed by atoms with Gasteiger partial charge in [0.25, 0.3) is 0 Å². The largest absolute Gasteiger partial charge is 0.463 e. The molecule has 0 aliphatic heterocycles. The lowest BCUT2D eigenvalue weighted by Crippen LogP contribution is -2.19. The van der Waals surface area contributed by atoms with Gasteiger partial charge in [-0.25, -0.2) is 0 Å². The fraction of sp³-hybridized carbons (Fsp3) is 0.133. The molecule has 0 radical (unpaired) electrons. The van der Waals surface area contributed by atoms with Crippen LogP contribution in [0.2, 0.25) is 0 Å². The standard InChI is InChI=1S/C15H13NO4/c1-10(18)16-6-2-3-11-4-5-14-13(7-11)15(19)12(8-17)9-20-14/h2-5,7-9H,6H2,1H3,(H,16,18). The van der Waals surface area contributed by atoms with Crippen LogP contribution in [0.15, 0.2) is 39.7 Å². The van der Waals surface area contributed by atoms with Gasteiger partial charge >= 0.3 is 0 Å². The van der Waals surface area contributed by atoms with Crippen molar-refractivity contribution in [2.45, 2.75) is 6.92 Å². The van der Waals surface area contributed by atoms with Crippen molar-refractivity contribution in [1.29, 1.82) is 0 Å². The molecule has 0 saturated heterocycles. The Balaban J connectivity index is 2.33. The third-order valence-corrected chi connectivity index (χ3v) is 2.73. The molecule has 1 N–H and O–H groups in total. The summed E-state index contributed by atoms with van der Waals surface area (Å²) in [5.74, 6) is -0.107. The first-order chi connectivity index (χ1) is 9.61. The number of hydrogen-bond donors (Lipinski definition) is 1. The van der Waals surface area contributed by atoms with Crippen LogP contribution < -0.4 is 10.7 Å². The summed E-state index contributed by atoms with van der Waals surface area (Å²) in [7, 11) is 0. The molecule has 1 heterocycles.